The lowest BCUT2D eigenvalue weighted by molar-refractivity contribution is 0.596. The Morgan fingerprint density at radius 1 is 1.11 bits per heavy atom. The molecule has 0 fully saturated rings. The molecule has 6 heteroatoms. The minimum atomic E-state index is -3.58. The fourth-order valence-electron chi connectivity index (χ4n) is 1.94. The van der Waals surface area contributed by atoms with Gasteiger partial charge in [0.25, 0.3) is 0 Å². The van der Waals surface area contributed by atoms with Gasteiger partial charge in [-0.2, -0.15) is 0 Å². The Morgan fingerprint density at radius 2 is 1.84 bits per heavy atom. The molecule has 3 rings (SSSR count). The van der Waals surface area contributed by atoms with Crippen molar-refractivity contribution in [2.24, 2.45) is 0 Å². The molecule has 0 aliphatic heterocycles. The Kier molecular flexibility index (Phi) is 2.91. The van der Waals surface area contributed by atoms with Crippen LogP contribution in [0.3, 0.4) is 0 Å². The van der Waals surface area contributed by atoms with Crippen molar-refractivity contribution in [1.82, 2.24) is 9.97 Å². The van der Waals surface area contributed by atoms with Crippen molar-refractivity contribution in [3.63, 3.8) is 0 Å². The van der Waals surface area contributed by atoms with Crippen LogP contribution in [0.4, 0.5) is 0 Å². The number of aromatic amines is 1. The van der Waals surface area contributed by atoms with E-state index in [1.54, 1.807) is 42.6 Å². The molecule has 19 heavy (non-hydrogen) atoms. The molecule has 1 aromatic carbocycles. The number of nitrogens with one attached hydrogen (secondary N) is 1. The van der Waals surface area contributed by atoms with Gasteiger partial charge < -0.3 is 4.98 Å². The summed E-state index contributed by atoms with van der Waals surface area (Å²) in [4.78, 5) is 7.58. The number of hydrogen-bond acceptors (Lipinski definition) is 3. The van der Waals surface area contributed by atoms with E-state index in [0.29, 0.717) is 15.5 Å². The van der Waals surface area contributed by atoms with Gasteiger partial charge in [0.05, 0.1) is 20.4 Å². The molecule has 1 N–H and O–H groups in total. The van der Waals surface area contributed by atoms with Crippen LogP contribution < -0.4 is 0 Å². The van der Waals surface area contributed by atoms with E-state index in [1.165, 1.54) is 6.20 Å². The molecule has 0 amide bonds. The quantitative estimate of drug-likeness (QED) is 0.781. The van der Waals surface area contributed by atoms with Crippen molar-refractivity contribution in [3.8, 4) is 0 Å². The van der Waals surface area contributed by atoms with Crippen molar-refractivity contribution in [3.05, 3.63) is 53.3 Å². The number of rotatable bonds is 2. The number of sulfone groups is 1. The first-order valence-corrected chi connectivity index (χ1v) is 7.80. The summed E-state index contributed by atoms with van der Waals surface area (Å²) in [5, 5.41) is 0. The Bertz CT molecular complexity index is 841. The zero-order valence-electron chi connectivity index (χ0n) is 9.67. The molecule has 0 bridgehead atoms. The molecule has 0 saturated carbocycles. The maximum absolute atomic E-state index is 12.7. The van der Waals surface area contributed by atoms with E-state index in [9.17, 15) is 8.42 Å². The SMILES string of the molecule is O=S(=O)(c1ccccc1)c1c(Br)cnc2cc[nH]c12. The van der Waals surface area contributed by atoms with Gasteiger partial charge in [-0.3, -0.25) is 4.98 Å². The lowest BCUT2D eigenvalue weighted by Crippen LogP contribution is -2.04. The third kappa shape index (κ3) is 1.97. The molecular weight excluding hydrogens is 328 g/mol. The summed E-state index contributed by atoms with van der Waals surface area (Å²) in [7, 11) is -3.58. The third-order valence-electron chi connectivity index (χ3n) is 2.81. The molecule has 0 aliphatic rings. The van der Waals surface area contributed by atoms with Crippen LogP contribution in [0.15, 0.2) is 63.1 Å². The fourth-order valence-corrected chi connectivity index (χ4v) is 4.37. The Balaban J connectivity index is 2.36. The largest absolute Gasteiger partial charge is 0.359 e. The number of nitrogens with zero attached hydrogens (tertiary/aromatic N) is 1. The number of fused-ring (bicyclic) bond motifs is 1. The molecule has 3 aromatic rings. The second-order valence-corrected chi connectivity index (χ2v) is 6.73. The van der Waals surface area contributed by atoms with Gasteiger partial charge in [-0.05, 0) is 34.1 Å². The topological polar surface area (TPSA) is 62.8 Å². The first-order valence-electron chi connectivity index (χ1n) is 5.52. The highest BCUT2D eigenvalue weighted by molar-refractivity contribution is 9.10. The van der Waals surface area contributed by atoms with E-state index >= 15 is 0 Å². The molecule has 0 saturated heterocycles. The van der Waals surface area contributed by atoms with E-state index in [4.69, 9.17) is 0 Å². The summed E-state index contributed by atoms with van der Waals surface area (Å²) in [6, 6.07) is 10.1. The van der Waals surface area contributed by atoms with Gasteiger partial charge in [0, 0.05) is 12.4 Å². The number of hydrogen-bond donors (Lipinski definition) is 1. The average molecular weight is 337 g/mol. The first kappa shape index (κ1) is 12.4. The standard InChI is InChI=1S/C13H9BrN2O2S/c14-10-8-16-11-6-7-15-12(11)13(10)19(17,18)9-4-2-1-3-5-9/h1-8,15H. The summed E-state index contributed by atoms with van der Waals surface area (Å²) >= 11 is 3.27. The third-order valence-corrected chi connectivity index (χ3v) is 5.53. The van der Waals surface area contributed by atoms with Crippen molar-refractivity contribution in [1.29, 1.82) is 0 Å². The second kappa shape index (κ2) is 4.47. The minimum absolute atomic E-state index is 0.216. The minimum Gasteiger partial charge on any atom is -0.359 e. The lowest BCUT2D eigenvalue weighted by atomic mass is 10.4. The molecule has 0 unspecified atom stereocenters. The van der Waals surface area contributed by atoms with Gasteiger partial charge in [0.1, 0.15) is 4.90 Å². The maximum Gasteiger partial charge on any atom is 0.209 e. The molecule has 0 aliphatic carbocycles. The number of benzene rings is 1. The summed E-state index contributed by atoms with van der Waals surface area (Å²) in [6.07, 6.45) is 3.18. The lowest BCUT2D eigenvalue weighted by Gasteiger charge is -2.07. The predicted octanol–water partition coefficient (Wildman–Crippen LogP) is 3.16. The molecule has 4 nitrogen and oxygen atoms in total. The molecular formula is C13H9BrN2O2S. The highest BCUT2D eigenvalue weighted by Crippen LogP contribution is 2.32. The summed E-state index contributed by atoms with van der Waals surface area (Å²) < 4.78 is 25.8. The van der Waals surface area contributed by atoms with Crippen LogP contribution in [0, 0.1) is 0 Å². The smallest absolute Gasteiger partial charge is 0.209 e. The van der Waals surface area contributed by atoms with Crippen LogP contribution >= 0.6 is 15.9 Å². The van der Waals surface area contributed by atoms with Crippen molar-refractivity contribution < 1.29 is 8.42 Å². The van der Waals surface area contributed by atoms with Crippen LogP contribution in [0.5, 0.6) is 0 Å². The van der Waals surface area contributed by atoms with Crippen molar-refractivity contribution in [2.75, 3.05) is 0 Å². The van der Waals surface area contributed by atoms with Crippen LogP contribution in [0.1, 0.15) is 0 Å². The number of halogens is 1. The number of H-pyrrole nitrogens is 1. The normalized spacial score (nSPS) is 11.8. The molecule has 0 radical (unpaired) electrons. The Hall–Kier alpha value is -1.66. The summed E-state index contributed by atoms with van der Waals surface area (Å²) in [5.41, 5.74) is 1.14. The molecule has 0 atom stereocenters. The van der Waals surface area contributed by atoms with Crippen LogP contribution in [0.25, 0.3) is 11.0 Å². The summed E-state index contributed by atoms with van der Waals surface area (Å²) in [6.45, 7) is 0. The van der Waals surface area contributed by atoms with E-state index in [1.807, 2.05) is 0 Å². The number of pyridine rings is 1. The fraction of sp³-hybridized carbons (Fsp3) is 0. The van der Waals surface area contributed by atoms with Gasteiger partial charge in [-0.1, -0.05) is 18.2 Å². The molecule has 2 heterocycles. The van der Waals surface area contributed by atoms with Gasteiger partial charge in [0.2, 0.25) is 9.84 Å². The molecule has 96 valence electrons. The molecule has 2 aromatic heterocycles. The van der Waals surface area contributed by atoms with Crippen LogP contribution in [-0.4, -0.2) is 18.4 Å². The first-order chi connectivity index (χ1) is 9.10. The predicted molar refractivity (Wildman–Crippen MR) is 75.7 cm³/mol. The highest BCUT2D eigenvalue weighted by Gasteiger charge is 2.24. The van der Waals surface area contributed by atoms with Gasteiger partial charge in [-0.25, -0.2) is 8.42 Å². The zero-order valence-corrected chi connectivity index (χ0v) is 12.1. The summed E-state index contributed by atoms with van der Waals surface area (Å²) in [5.74, 6) is 0. The zero-order chi connectivity index (χ0) is 13.5. The maximum atomic E-state index is 12.7. The average Bonchev–Trinajstić information content (AvgIpc) is 2.87. The van der Waals surface area contributed by atoms with Crippen LogP contribution in [-0.2, 0) is 9.84 Å². The van der Waals surface area contributed by atoms with Crippen molar-refractivity contribution in [2.45, 2.75) is 9.79 Å². The van der Waals surface area contributed by atoms with E-state index in [-0.39, 0.29) is 9.79 Å². The van der Waals surface area contributed by atoms with Gasteiger partial charge in [-0.15, -0.1) is 0 Å². The van der Waals surface area contributed by atoms with Gasteiger partial charge >= 0.3 is 0 Å². The molecule has 0 spiro atoms. The monoisotopic (exact) mass is 336 g/mol. The van der Waals surface area contributed by atoms with Crippen molar-refractivity contribution >= 4 is 36.8 Å². The van der Waals surface area contributed by atoms with Gasteiger partial charge in [0.15, 0.2) is 0 Å². The number of aromatic nitrogens is 2. The highest BCUT2D eigenvalue weighted by atomic mass is 79.9. The Labute approximate surface area is 118 Å². The van der Waals surface area contributed by atoms with E-state index in [0.717, 1.165) is 0 Å². The van der Waals surface area contributed by atoms with Crippen LogP contribution in [0.2, 0.25) is 0 Å². The van der Waals surface area contributed by atoms with E-state index in [2.05, 4.69) is 25.9 Å². The van der Waals surface area contributed by atoms with E-state index < -0.39 is 9.84 Å². The Morgan fingerprint density at radius 3 is 2.58 bits per heavy atom. The second-order valence-electron chi connectivity index (χ2n) is 3.99.